The first-order valence-corrected chi connectivity index (χ1v) is 12.6. The van der Waals surface area contributed by atoms with Gasteiger partial charge in [0.1, 0.15) is 0 Å². The molecule has 2 aromatic rings. The number of para-hydroxylation sites is 1. The molecule has 2 N–H and O–H groups in total. The van der Waals surface area contributed by atoms with E-state index in [1.165, 1.54) is 16.8 Å². The van der Waals surface area contributed by atoms with E-state index >= 15 is 0 Å². The number of rotatable bonds is 8. The van der Waals surface area contributed by atoms with E-state index in [-0.39, 0.29) is 29.8 Å². The predicted molar refractivity (Wildman–Crippen MR) is 123 cm³/mol. The van der Waals surface area contributed by atoms with Crippen molar-refractivity contribution in [2.45, 2.75) is 56.4 Å². The Labute approximate surface area is 185 Å². The lowest BCUT2D eigenvalue weighted by Crippen LogP contribution is -2.42. The molecule has 7 heteroatoms. The summed E-state index contributed by atoms with van der Waals surface area (Å²) in [4.78, 5) is 14.9. The topological polar surface area (TPSA) is 78.5 Å². The van der Waals surface area contributed by atoms with Crippen LogP contribution in [0.1, 0.15) is 42.9 Å². The summed E-state index contributed by atoms with van der Waals surface area (Å²) in [6, 6.07) is 13.9. The number of nitrogens with one attached hydrogen (secondary N) is 2. The van der Waals surface area contributed by atoms with Crippen LogP contribution in [0.5, 0.6) is 0 Å². The third-order valence-corrected chi connectivity index (χ3v) is 7.78. The highest BCUT2D eigenvalue weighted by Crippen LogP contribution is 2.29. The molecule has 0 radical (unpaired) electrons. The van der Waals surface area contributed by atoms with Gasteiger partial charge in [-0.1, -0.05) is 24.3 Å². The summed E-state index contributed by atoms with van der Waals surface area (Å²) in [5.74, 6) is -0.146. The van der Waals surface area contributed by atoms with Gasteiger partial charge in [0.05, 0.1) is 4.90 Å². The SMILES string of the molecule is CC(CNC(=O)CCNS(=O)(=O)c1ccc2c(c1)CCCC2)N1CCc2ccccc21. The Hall–Kier alpha value is -2.38. The van der Waals surface area contributed by atoms with Crippen molar-refractivity contribution in [1.29, 1.82) is 0 Å². The third kappa shape index (κ3) is 5.10. The van der Waals surface area contributed by atoms with Gasteiger partial charge in [0, 0.05) is 37.8 Å². The van der Waals surface area contributed by atoms with Gasteiger partial charge >= 0.3 is 0 Å². The summed E-state index contributed by atoms with van der Waals surface area (Å²) in [6.07, 6.45) is 5.36. The first-order valence-electron chi connectivity index (χ1n) is 11.2. The fourth-order valence-corrected chi connectivity index (χ4v) is 5.62. The minimum atomic E-state index is -3.61. The van der Waals surface area contributed by atoms with Crippen LogP contribution < -0.4 is 14.9 Å². The van der Waals surface area contributed by atoms with Gasteiger partial charge < -0.3 is 10.2 Å². The maximum Gasteiger partial charge on any atom is 0.240 e. The predicted octanol–water partition coefficient (Wildman–Crippen LogP) is 2.80. The maximum atomic E-state index is 12.6. The lowest BCUT2D eigenvalue weighted by Gasteiger charge is -2.27. The molecule has 0 saturated heterocycles. The van der Waals surface area contributed by atoms with Crippen LogP contribution in [-0.2, 0) is 34.1 Å². The highest BCUT2D eigenvalue weighted by atomic mass is 32.2. The molecule has 2 aliphatic rings. The van der Waals surface area contributed by atoms with Gasteiger partial charge in [0.2, 0.25) is 15.9 Å². The number of carbonyl (C=O) groups excluding carboxylic acids is 1. The Bertz CT molecular complexity index is 1050. The zero-order chi connectivity index (χ0) is 21.8. The monoisotopic (exact) mass is 441 g/mol. The Morgan fingerprint density at radius 3 is 2.65 bits per heavy atom. The van der Waals surface area contributed by atoms with Crippen molar-refractivity contribution >= 4 is 21.6 Å². The number of hydrogen-bond acceptors (Lipinski definition) is 4. The number of nitrogens with zero attached hydrogens (tertiary/aromatic N) is 1. The third-order valence-electron chi connectivity index (χ3n) is 6.32. The first-order chi connectivity index (χ1) is 14.9. The average molecular weight is 442 g/mol. The van der Waals surface area contributed by atoms with Crippen LogP contribution in [0.3, 0.4) is 0 Å². The second-order valence-electron chi connectivity index (χ2n) is 8.51. The van der Waals surface area contributed by atoms with E-state index in [0.717, 1.165) is 44.2 Å². The second-order valence-corrected chi connectivity index (χ2v) is 10.3. The van der Waals surface area contributed by atoms with Gasteiger partial charge in [-0.05, 0) is 73.9 Å². The highest BCUT2D eigenvalue weighted by molar-refractivity contribution is 7.89. The molecule has 6 nitrogen and oxygen atoms in total. The van der Waals surface area contributed by atoms with Crippen LogP contribution in [0.15, 0.2) is 47.4 Å². The molecular weight excluding hydrogens is 410 g/mol. The summed E-state index contributed by atoms with van der Waals surface area (Å²) in [6.45, 7) is 3.68. The largest absolute Gasteiger partial charge is 0.366 e. The van der Waals surface area contributed by atoms with E-state index < -0.39 is 10.0 Å². The Kier molecular flexibility index (Phi) is 6.62. The molecule has 0 bridgehead atoms. The Morgan fingerprint density at radius 2 is 1.81 bits per heavy atom. The van der Waals surface area contributed by atoms with Crippen molar-refractivity contribution in [2.24, 2.45) is 0 Å². The number of benzene rings is 2. The number of sulfonamides is 1. The molecule has 1 amide bonds. The Balaban J connectivity index is 1.24. The molecule has 0 saturated carbocycles. The van der Waals surface area contributed by atoms with Crippen molar-refractivity contribution in [1.82, 2.24) is 10.0 Å². The van der Waals surface area contributed by atoms with Gasteiger partial charge in [-0.15, -0.1) is 0 Å². The van der Waals surface area contributed by atoms with Crippen molar-refractivity contribution in [3.05, 3.63) is 59.2 Å². The molecule has 0 fully saturated rings. The minimum absolute atomic E-state index is 0.0895. The standard InChI is InChI=1S/C24H31N3O3S/c1-18(27-15-13-20-7-4-5-9-23(20)27)17-25-24(28)12-14-26-31(29,30)22-11-10-19-6-2-3-8-21(19)16-22/h4-5,7,9-11,16,18,26H,2-3,6,8,12-15,17H2,1H3,(H,25,28). The summed E-state index contributed by atoms with van der Waals surface area (Å²) in [5, 5.41) is 2.94. The van der Waals surface area contributed by atoms with E-state index in [2.05, 4.69) is 40.1 Å². The van der Waals surface area contributed by atoms with Crippen LogP contribution in [0.25, 0.3) is 0 Å². The van der Waals surface area contributed by atoms with Crippen LogP contribution in [0, 0.1) is 0 Å². The maximum absolute atomic E-state index is 12.6. The fourth-order valence-electron chi connectivity index (χ4n) is 4.54. The van der Waals surface area contributed by atoms with Gasteiger partial charge in [-0.3, -0.25) is 4.79 Å². The number of aryl methyl sites for hydroxylation is 2. The van der Waals surface area contributed by atoms with Crippen LogP contribution in [0.2, 0.25) is 0 Å². The fraction of sp³-hybridized carbons (Fsp3) is 0.458. The molecule has 1 heterocycles. The number of anilines is 1. The summed E-state index contributed by atoms with van der Waals surface area (Å²) in [5.41, 5.74) is 4.96. The zero-order valence-electron chi connectivity index (χ0n) is 18.1. The van der Waals surface area contributed by atoms with Gasteiger partial charge in [-0.25, -0.2) is 13.1 Å². The Morgan fingerprint density at radius 1 is 1.03 bits per heavy atom. The lowest BCUT2D eigenvalue weighted by molar-refractivity contribution is -0.120. The molecule has 1 unspecified atom stereocenters. The van der Waals surface area contributed by atoms with E-state index in [1.807, 2.05) is 12.1 Å². The number of fused-ring (bicyclic) bond motifs is 2. The van der Waals surface area contributed by atoms with E-state index in [9.17, 15) is 13.2 Å². The van der Waals surface area contributed by atoms with Crippen molar-refractivity contribution in [2.75, 3.05) is 24.5 Å². The minimum Gasteiger partial charge on any atom is -0.366 e. The highest BCUT2D eigenvalue weighted by Gasteiger charge is 2.23. The summed E-state index contributed by atoms with van der Waals surface area (Å²) >= 11 is 0. The van der Waals surface area contributed by atoms with Gasteiger partial charge in [0.25, 0.3) is 0 Å². The first kappa shape index (κ1) is 21.8. The molecule has 1 aliphatic heterocycles. The smallest absolute Gasteiger partial charge is 0.240 e. The summed E-state index contributed by atoms with van der Waals surface area (Å²) < 4.78 is 27.8. The van der Waals surface area contributed by atoms with Crippen molar-refractivity contribution in [3.63, 3.8) is 0 Å². The summed E-state index contributed by atoms with van der Waals surface area (Å²) in [7, 11) is -3.61. The van der Waals surface area contributed by atoms with Gasteiger partial charge in [-0.2, -0.15) is 0 Å². The quantitative estimate of drug-likeness (QED) is 0.660. The molecule has 4 rings (SSSR count). The van der Waals surface area contributed by atoms with Crippen LogP contribution in [-0.4, -0.2) is 40.0 Å². The van der Waals surface area contributed by atoms with Gasteiger partial charge in [0.15, 0.2) is 0 Å². The molecule has 31 heavy (non-hydrogen) atoms. The van der Waals surface area contributed by atoms with E-state index in [1.54, 1.807) is 12.1 Å². The number of carbonyl (C=O) groups is 1. The van der Waals surface area contributed by atoms with Crippen LogP contribution >= 0.6 is 0 Å². The van der Waals surface area contributed by atoms with Crippen molar-refractivity contribution in [3.8, 4) is 0 Å². The zero-order valence-corrected chi connectivity index (χ0v) is 18.9. The molecule has 1 atom stereocenters. The molecular formula is C24H31N3O3S. The molecule has 166 valence electrons. The van der Waals surface area contributed by atoms with Crippen molar-refractivity contribution < 1.29 is 13.2 Å². The number of hydrogen-bond donors (Lipinski definition) is 2. The molecule has 2 aromatic carbocycles. The van der Waals surface area contributed by atoms with Crippen LogP contribution in [0.4, 0.5) is 5.69 Å². The average Bonchev–Trinajstić information content (AvgIpc) is 3.21. The second kappa shape index (κ2) is 9.40. The number of amides is 1. The normalized spacial score (nSPS) is 16.5. The lowest BCUT2D eigenvalue weighted by atomic mass is 9.92. The molecule has 0 aromatic heterocycles. The molecule has 0 spiro atoms. The van der Waals surface area contributed by atoms with E-state index in [4.69, 9.17) is 0 Å². The molecule has 1 aliphatic carbocycles. The van der Waals surface area contributed by atoms with E-state index in [0.29, 0.717) is 6.54 Å².